The number of rotatable bonds is 6. The van der Waals surface area contributed by atoms with E-state index in [2.05, 4.69) is 28.1 Å². The summed E-state index contributed by atoms with van der Waals surface area (Å²) in [6.07, 6.45) is 8.16. The molecule has 168 valence electrons. The maximum absolute atomic E-state index is 12.9. The van der Waals surface area contributed by atoms with Crippen LogP contribution in [0.4, 0.5) is 5.82 Å². The Morgan fingerprint density at radius 1 is 1.03 bits per heavy atom. The Balaban J connectivity index is 1.25. The first-order chi connectivity index (χ1) is 16.2. The van der Waals surface area contributed by atoms with E-state index in [0.29, 0.717) is 21.5 Å². The number of amides is 1. The molecule has 0 radical (unpaired) electrons. The molecule has 33 heavy (non-hydrogen) atoms. The number of thioether (sulfide) groups is 1. The number of furan rings is 1. The Morgan fingerprint density at radius 3 is 2.61 bits per heavy atom. The fourth-order valence-corrected chi connectivity index (χ4v) is 5.42. The van der Waals surface area contributed by atoms with Crippen molar-refractivity contribution in [2.45, 2.75) is 25.7 Å². The third-order valence-corrected chi connectivity index (χ3v) is 7.33. The van der Waals surface area contributed by atoms with Crippen LogP contribution in [0.1, 0.15) is 30.6 Å². The minimum absolute atomic E-state index is 0.0635. The molecule has 0 spiro atoms. The average molecular weight is 476 g/mol. The summed E-state index contributed by atoms with van der Waals surface area (Å²) in [5.41, 5.74) is 2.11. The Kier molecular flexibility index (Phi) is 6.60. The van der Waals surface area contributed by atoms with Crippen LogP contribution in [0, 0.1) is 0 Å². The van der Waals surface area contributed by atoms with Crippen LogP contribution in [0.25, 0.3) is 17.4 Å². The van der Waals surface area contributed by atoms with E-state index in [-0.39, 0.29) is 5.91 Å². The monoisotopic (exact) mass is 475 g/mol. The van der Waals surface area contributed by atoms with Gasteiger partial charge >= 0.3 is 0 Å². The van der Waals surface area contributed by atoms with Crippen molar-refractivity contribution in [2.75, 3.05) is 24.5 Å². The summed E-state index contributed by atoms with van der Waals surface area (Å²) in [7, 11) is 0. The van der Waals surface area contributed by atoms with Crippen molar-refractivity contribution >= 4 is 46.1 Å². The summed E-state index contributed by atoms with van der Waals surface area (Å²) in [6.45, 7) is 2.71. The number of benzene rings is 1. The molecule has 5 nitrogen and oxygen atoms in total. The van der Waals surface area contributed by atoms with Gasteiger partial charge in [-0.25, -0.2) is 4.98 Å². The van der Waals surface area contributed by atoms with E-state index in [1.165, 1.54) is 36.6 Å². The van der Waals surface area contributed by atoms with E-state index in [1.807, 2.05) is 42.6 Å². The van der Waals surface area contributed by atoms with Gasteiger partial charge in [-0.3, -0.25) is 9.69 Å². The summed E-state index contributed by atoms with van der Waals surface area (Å²) in [6, 6.07) is 18.0. The molecule has 0 bridgehead atoms. The quantitative estimate of drug-likeness (QED) is 0.333. The number of pyridine rings is 1. The lowest BCUT2D eigenvalue weighted by molar-refractivity contribution is -0.122. The molecular formula is C26H25N3O2S2. The zero-order valence-corrected chi connectivity index (χ0v) is 19.9. The third-order valence-electron chi connectivity index (χ3n) is 5.95. The Bertz CT molecular complexity index is 1170. The SMILES string of the molecule is O=C1/C(=C/c2ccc(-c3ccc(N4CCCCC4)nc3)o2)SC(=S)N1CCc1ccccc1. The first kappa shape index (κ1) is 21.9. The van der Waals surface area contributed by atoms with Crippen molar-refractivity contribution in [3.05, 3.63) is 77.0 Å². The summed E-state index contributed by atoms with van der Waals surface area (Å²) < 4.78 is 6.60. The summed E-state index contributed by atoms with van der Waals surface area (Å²) in [4.78, 5) is 22.1. The van der Waals surface area contributed by atoms with Gasteiger partial charge in [0.2, 0.25) is 0 Å². The highest BCUT2D eigenvalue weighted by atomic mass is 32.2. The standard InChI is InChI=1S/C26H25N3O2S2/c30-25-23(33-26(32)29(25)16-13-19-7-3-1-4-8-19)17-21-10-11-22(31-21)20-9-12-24(27-18-20)28-14-5-2-6-15-28/h1,3-4,7-12,17-18H,2,5-6,13-16H2/b23-17-. The third kappa shape index (κ3) is 5.04. The van der Waals surface area contributed by atoms with Gasteiger partial charge in [0.05, 0.1) is 4.91 Å². The normalized spacial score (nSPS) is 17.9. The van der Waals surface area contributed by atoms with Crippen LogP contribution in [0.5, 0.6) is 0 Å². The number of anilines is 1. The lowest BCUT2D eigenvalue weighted by atomic mass is 10.1. The molecule has 2 fully saturated rings. The molecule has 0 atom stereocenters. The van der Waals surface area contributed by atoms with Crippen LogP contribution in [0.2, 0.25) is 0 Å². The molecule has 5 rings (SSSR count). The summed E-state index contributed by atoms with van der Waals surface area (Å²) in [5, 5.41) is 0. The van der Waals surface area contributed by atoms with Gasteiger partial charge in [-0.1, -0.05) is 54.3 Å². The second-order valence-electron chi connectivity index (χ2n) is 8.22. The lowest BCUT2D eigenvalue weighted by Crippen LogP contribution is -2.30. The molecule has 4 heterocycles. The van der Waals surface area contributed by atoms with E-state index < -0.39 is 0 Å². The van der Waals surface area contributed by atoms with Gasteiger partial charge in [-0.05, 0) is 55.5 Å². The molecule has 0 saturated carbocycles. The topological polar surface area (TPSA) is 49.6 Å². The Labute approximate surface area is 203 Å². The predicted octanol–water partition coefficient (Wildman–Crippen LogP) is 5.78. The van der Waals surface area contributed by atoms with Gasteiger partial charge in [-0.15, -0.1) is 0 Å². The van der Waals surface area contributed by atoms with E-state index in [4.69, 9.17) is 16.6 Å². The highest BCUT2D eigenvalue weighted by molar-refractivity contribution is 8.26. The Morgan fingerprint density at radius 2 is 1.85 bits per heavy atom. The van der Waals surface area contributed by atoms with Gasteiger partial charge in [0.15, 0.2) is 0 Å². The number of carbonyl (C=O) groups excluding carboxylic acids is 1. The second kappa shape index (κ2) is 9.93. The minimum atomic E-state index is -0.0635. The maximum atomic E-state index is 12.9. The summed E-state index contributed by atoms with van der Waals surface area (Å²) in [5.74, 6) is 2.32. The molecule has 0 aliphatic carbocycles. The van der Waals surface area contributed by atoms with E-state index in [0.717, 1.165) is 36.7 Å². The predicted molar refractivity (Wildman–Crippen MR) is 138 cm³/mol. The molecule has 1 amide bonds. The lowest BCUT2D eigenvalue weighted by Gasteiger charge is -2.27. The molecule has 2 aliphatic rings. The van der Waals surface area contributed by atoms with E-state index >= 15 is 0 Å². The van der Waals surface area contributed by atoms with Crippen molar-refractivity contribution in [2.24, 2.45) is 0 Å². The number of thiocarbonyl (C=S) groups is 1. The molecule has 0 N–H and O–H groups in total. The zero-order chi connectivity index (χ0) is 22.6. The zero-order valence-electron chi connectivity index (χ0n) is 18.3. The molecule has 3 aromatic rings. The molecule has 0 unspecified atom stereocenters. The molecule has 2 aromatic heterocycles. The molecule has 2 saturated heterocycles. The maximum Gasteiger partial charge on any atom is 0.266 e. The van der Waals surface area contributed by atoms with Crippen molar-refractivity contribution in [1.82, 2.24) is 9.88 Å². The number of nitrogens with zero attached hydrogens (tertiary/aromatic N) is 3. The molecule has 2 aliphatic heterocycles. The van der Waals surface area contributed by atoms with Gasteiger partial charge < -0.3 is 9.32 Å². The van der Waals surface area contributed by atoms with Crippen LogP contribution >= 0.6 is 24.0 Å². The number of hydrogen-bond acceptors (Lipinski definition) is 6. The van der Waals surface area contributed by atoms with Crippen LogP contribution in [-0.4, -0.2) is 39.7 Å². The van der Waals surface area contributed by atoms with Crippen LogP contribution < -0.4 is 4.90 Å². The van der Waals surface area contributed by atoms with E-state index in [9.17, 15) is 4.79 Å². The number of hydrogen-bond donors (Lipinski definition) is 0. The fraction of sp³-hybridized carbons (Fsp3) is 0.269. The second-order valence-corrected chi connectivity index (χ2v) is 9.90. The van der Waals surface area contributed by atoms with Gasteiger partial charge in [0.1, 0.15) is 21.7 Å². The van der Waals surface area contributed by atoms with Gasteiger partial charge in [0.25, 0.3) is 5.91 Å². The number of piperidine rings is 1. The average Bonchev–Trinajstić information content (AvgIpc) is 3.43. The fourth-order valence-electron chi connectivity index (χ4n) is 4.13. The largest absolute Gasteiger partial charge is 0.457 e. The van der Waals surface area contributed by atoms with Gasteiger partial charge in [-0.2, -0.15) is 0 Å². The number of carbonyl (C=O) groups is 1. The highest BCUT2D eigenvalue weighted by Crippen LogP contribution is 2.34. The van der Waals surface area contributed by atoms with E-state index in [1.54, 1.807) is 11.0 Å². The minimum Gasteiger partial charge on any atom is -0.457 e. The van der Waals surface area contributed by atoms with Gasteiger partial charge in [0, 0.05) is 37.5 Å². The summed E-state index contributed by atoms with van der Waals surface area (Å²) >= 11 is 6.78. The van der Waals surface area contributed by atoms with Crippen LogP contribution in [0.3, 0.4) is 0 Å². The highest BCUT2D eigenvalue weighted by Gasteiger charge is 2.32. The van der Waals surface area contributed by atoms with Crippen LogP contribution in [0.15, 0.2) is 70.1 Å². The van der Waals surface area contributed by atoms with Crippen molar-refractivity contribution < 1.29 is 9.21 Å². The van der Waals surface area contributed by atoms with Crippen LogP contribution in [-0.2, 0) is 11.2 Å². The van der Waals surface area contributed by atoms with Crippen molar-refractivity contribution in [3.8, 4) is 11.3 Å². The molecule has 1 aromatic carbocycles. The molecule has 7 heteroatoms. The first-order valence-electron chi connectivity index (χ1n) is 11.3. The first-order valence-corrected chi connectivity index (χ1v) is 12.5. The number of aromatic nitrogens is 1. The van der Waals surface area contributed by atoms with Crippen molar-refractivity contribution in [1.29, 1.82) is 0 Å². The van der Waals surface area contributed by atoms with Crippen molar-refractivity contribution in [3.63, 3.8) is 0 Å². The molecular weight excluding hydrogens is 450 g/mol. The Hall–Kier alpha value is -2.90. The smallest absolute Gasteiger partial charge is 0.266 e.